The molecule has 0 aliphatic rings. The number of hydrogen-bond acceptors (Lipinski definition) is 2. The predicted molar refractivity (Wildman–Crippen MR) is 66.6 cm³/mol. The minimum absolute atomic E-state index is 0.126. The molecule has 94 valence electrons. The predicted octanol–water partition coefficient (Wildman–Crippen LogP) is 3.78. The fraction of sp³-hybridized carbons (Fsp3) is 0.0769. The summed E-state index contributed by atoms with van der Waals surface area (Å²) in [5.41, 5.74) is 6.83. The van der Waals surface area contributed by atoms with Crippen molar-refractivity contribution in [2.24, 2.45) is 0 Å². The van der Waals surface area contributed by atoms with Gasteiger partial charge in [0.2, 0.25) is 0 Å². The van der Waals surface area contributed by atoms with Crippen molar-refractivity contribution < 1.29 is 13.5 Å². The van der Waals surface area contributed by atoms with Gasteiger partial charge in [-0.1, -0.05) is 17.7 Å². The highest BCUT2D eigenvalue weighted by Crippen LogP contribution is 2.21. The van der Waals surface area contributed by atoms with E-state index in [0.29, 0.717) is 10.7 Å². The Bertz CT molecular complexity index is 555. The van der Waals surface area contributed by atoms with Crippen molar-refractivity contribution in [2.45, 2.75) is 6.61 Å². The number of nitrogens with two attached hydrogens (primary N) is 1. The molecule has 2 N–H and O–H groups in total. The van der Waals surface area contributed by atoms with Crippen molar-refractivity contribution in [1.82, 2.24) is 0 Å². The first kappa shape index (κ1) is 12.6. The molecule has 0 radical (unpaired) electrons. The number of nitrogen functional groups attached to an aromatic ring is 1. The number of rotatable bonds is 3. The average Bonchev–Trinajstić information content (AvgIpc) is 2.29. The largest absolute Gasteiger partial charge is 0.489 e. The molecule has 2 aromatic carbocycles. The van der Waals surface area contributed by atoms with E-state index in [0.717, 1.165) is 23.8 Å². The average molecular weight is 270 g/mol. The van der Waals surface area contributed by atoms with Crippen molar-refractivity contribution in [3.63, 3.8) is 0 Å². The zero-order valence-corrected chi connectivity index (χ0v) is 10.0. The molecule has 0 aliphatic carbocycles. The monoisotopic (exact) mass is 269 g/mol. The lowest BCUT2D eigenvalue weighted by Gasteiger charge is -2.08. The lowest BCUT2D eigenvalue weighted by Crippen LogP contribution is -1.98. The fourth-order valence-corrected chi connectivity index (χ4v) is 1.58. The van der Waals surface area contributed by atoms with Gasteiger partial charge < -0.3 is 10.5 Å². The zero-order chi connectivity index (χ0) is 13.1. The summed E-state index contributed by atoms with van der Waals surface area (Å²) in [5.74, 6) is -1.23. The van der Waals surface area contributed by atoms with Gasteiger partial charge >= 0.3 is 0 Å². The maximum absolute atomic E-state index is 12.9. The Morgan fingerprint density at radius 2 is 1.72 bits per heavy atom. The minimum atomic E-state index is -0.680. The summed E-state index contributed by atoms with van der Waals surface area (Å²) in [6.07, 6.45) is 0. The van der Waals surface area contributed by atoms with Crippen LogP contribution in [0.1, 0.15) is 5.56 Å². The standard InChI is InChI=1S/C13H10ClF2NO/c14-12-2-1-8(3-13(12)17)7-18-11-5-9(15)4-10(16)6-11/h1-6H,7,17H2. The van der Waals surface area contributed by atoms with Gasteiger partial charge in [0.05, 0.1) is 10.7 Å². The first-order chi connectivity index (χ1) is 8.54. The molecule has 0 bridgehead atoms. The fourth-order valence-electron chi connectivity index (χ4n) is 1.46. The zero-order valence-electron chi connectivity index (χ0n) is 9.29. The van der Waals surface area contributed by atoms with Gasteiger partial charge in [0, 0.05) is 18.2 Å². The van der Waals surface area contributed by atoms with Crippen LogP contribution in [-0.2, 0) is 6.61 Å². The van der Waals surface area contributed by atoms with Crippen LogP contribution < -0.4 is 10.5 Å². The van der Waals surface area contributed by atoms with Crippen LogP contribution in [0, 0.1) is 11.6 Å². The van der Waals surface area contributed by atoms with Crippen LogP contribution in [0.25, 0.3) is 0 Å². The van der Waals surface area contributed by atoms with E-state index in [9.17, 15) is 8.78 Å². The minimum Gasteiger partial charge on any atom is -0.489 e. The van der Waals surface area contributed by atoms with E-state index in [2.05, 4.69) is 0 Å². The summed E-state index contributed by atoms with van der Waals surface area (Å²) in [4.78, 5) is 0. The molecule has 18 heavy (non-hydrogen) atoms. The second-order valence-electron chi connectivity index (χ2n) is 3.75. The Labute approximate surface area is 108 Å². The van der Waals surface area contributed by atoms with Gasteiger partial charge in [-0.15, -0.1) is 0 Å². The quantitative estimate of drug-likeness (QED) is 0.861. The lowest BCUT2D eigenvalue weighted by molar-refractivity contribution is 0.302. The van der Waals surface area contributed by atoms with Gasteiger partial charge in [-0.05, 0) is 17.7 Å². The molecule has 0 aliphatic heterocycles. The Morgan fingerprint density at radius 3 is 2.33 bits per heavy atom. The lowest BCUT2D eigenvalue weighted by atomic mass is 10.2. The van der Waals surface area contributed by atoms with Crippen LogP contribution in [0.3, 0.4) is 0 Å². The van der Waals surface area contributed by atoms with Gasteiger partial charge in [0.25, 0.3) is 0 Å². The molecule has 0 heterocycles. The second-order valence-corrected chi connectivity index (χ2v) is 4.16. The molecule has 2 rings (SSSR count). The molecule has 0 saturated heterocycles. The van der Waals surface area contributed by atoms with E-state index in [1.165, 1.54) is 0 Å². The van der Waals surface area contributed by atoms with Crippen molar-refractivity contribution in [3.05, 3.63) is 58.6 Å². The third-order valence-corrected chi connectivity index (χ3v) is 2.65. The second kappa shape index (κ2) is 5.23. The van der Waals surface area contributed by atoms with E-state index in [1.807, 2.05) is 0 Å². The summed E-state index contributed by atoms with van der Waals surface area (Å²) in [6, 6.07) is 8.03. The Kier molecular flexibility index (Phi) is 3.67. The van der Waals surface area contributed by atoms with E-state index in [-0.39, 0.29) is 12.4 Å². The number of anilines is 1. The molecular weight excluding hydrogens is 260 g/mol. The molecule has 0 saturated carbocycles. The van der Waals surface area contributed by atoms with E-state index >= 15 is 0 Å². The maximum atomic E-state index is 12.9. The van der Waals surface area contributed by atoms with Gasteiger partial charge in [0.1, 0.15) is 24.0 Å². The SMILES string of the molecule is Nc1cc(COc2cc(F)cc(F)c2)ccc1Cl. The molecule has 2 aromatic rings. The van der Waals surface area contributed by atoms with Crippen LogP contribution in [0.2, 0.25) is 5.02 Å². The summed E-state index contributed by atoms with van der Waals surface area (Å²) >= 11 is 5.77. The molecule has 0 spiro atoms. The number of ether oxygens (including phenoxy) is 1. The summed E-state index contributed by atoms with van der Waals surface area (Å²) < 4.78 is 31.1. The van der Waals surface area contributed by atoms with Crippen molar-refractivity contribution in [2.75, 3.05) is 5.73 Å². The topological polar surface area (TPSA) is 35.2 Å². The molecule has 0 atom stereocenters. The van der Waals surface area contributed by atoms with Crippen molar-refractivity contribution >= 4 is 17.3 Å². The Morgan fingerprint density at radius 1 is 1.06 bits per heavy atom. The first-order valence-electron chi connectivity index (χ1n) is 5.17. The number of halogens is 3. The van der Waals surface area contributed by atoms with Gasteiger partial charge in [0.15, 0.2) is 0 Å². The Balaban J connectivity index is 2.08. The molecule has 0 unspecified atom stereocenters. The van der Waals surface area contributed by atoms with E-state index in [1.54, 1.807) is 18.2 Å². The highest BCUT2D eigenvalue weighted by molar-refractivity contribution is 6.33. The van der Waals surface area contributed by atoms with Gasteiger partial charge in [-0.25, -0.2) is 8.78 Å². The van der Waals surface area contributed by atoms with Gasteiger partial charge in [-0.2, -0.15) is 0 Å². The summed E-state index contributed by atoms with van der Waals surface area (Å²) in [6.45, 7) is 0.157. The first-order valence-corrected chi connectivity index (χ1v) is 5.55. The van der Waals surface area contributed by atoms with Gasteiger partial charge in [-0.3, -0.25) is 0 Å². The van der Waals surface area contributed by atoms with Crippen LogP contribution in [0.4, 0.5) is 14.5 Å². The number of hydrogen-bond donors (Lipinski definition) is 1. The summed E-state index contributed by atoms with van der Waals surface area (Å²) in [7, 11) is 0. The molecular formula is C13H10ClF2NO. The molecule has 0 amide bonds. The van der Waals surface area contributed by atoms with Crippen LogP contribution in [0.5, 0.6) is 5.75 Å². The van der Waals surface area contributed by atoms with Crippen molar-refractivity contribution in [1.29, 1.82) is 0 Å². The third-order valence-electron chi connectivity index (χ3n) is 2.30. The van der Waals surface area contributed by atoms with E-state index < -0.39 is 11.6 Å². The van der Waals surface area contributed by atoms with Crippen LogP contribution in [0.15, 0.2) is 36.4 Å². The molecule has 2 nitrogen and oxygen atoms in total. The van der Waals surface area contributed by atoms with E-state index in [4.69, 9.17) is 22.1 Å². The van der Waals surface area contributed by atoms with Crippen molar-refractivity contribution in [3.8, 4) is 5.75 Å². The molecule has 0 aromatic heterocycles. The normalized spacial score (nSPS) is 10.4. The smallest absolute Gasteiger partial charge is 0.129 e. The van der Waals surface area contributed by atoms with Crippen LogP contribution >= 0.6 is 11.6 Å². The summed E-state index contributed by atoms with van der Waals surface area (Å²) in [5, 5.41) is 0.454. The highest BCUT2D eigenvalue weighted by atomic mass is 35.5. The Hall–Kier alpha value is -1.81. The molecule has 0 fully saturated rings. The van der Waals surface area contributed by atoms with Crippen LogP contribution in [-0.4, -0.2) is 0 Å². The highest BCUT2D eigenvalue weighted by Gasteiger charge is 2.03. The molecule has 5 heteroatoms. The third kappa shape index (κ3) is 3.11. The number of benzene rings is 2. The maximum Gasteiger partial charge on any atom is 0.129 e.